The molecule has 0 saturated heterocycles. The van der Waals surface area contributed by atoms with Gasteiger partial charge in [0.05, 0.1) is 5.56 Å². The second-order valence-electron chi connectivity index (χ2n) is 4.49. The molecule has 2 nitrogen and oxygen atoms in total. The minimum Gasteiger partial charge on any atom is -0.358 e. The standard InChI is InChI=1S/C13H15F3N2/c1-8(17-2)5-11-7-9-6-10(13(14,15)16)3-4-12(9)18-11/h3-4,6-8,17-18H,5H2,1-2H3. The van der Waals surface area contributed by atoms with E-state index in [0.717, 1.165) is 23.7 Å². The summed E-state index contributed by atoms with van der Waals surface area (Å²) in [4.78, 5) is 3.13. The number of aromatic amines is 1. The van der Waals surface area contributed by atoms with Crippen LogP contribution in [0.4, 0.5) is 13.2 Å². The summed E-state index contributed by atoms with van der Waals surface area (Å²) in [6, 6.07) is 5.81. The fraction of sp³-hybridized carbons (Fsp3) is 0.385. The van der Waals surface area contributed by atoms with E-state index >= 15 is 0 Å². The lowest BCUT2D eigenvalue weighted by molar-refractivity contribution is -0.137. The molecule has 98 valence electrons. The molecular weight excluding hydrogens is 241 g/mol. The molecule has 0 bridgehead atoms. The van der Waals surface area contributed by atoms with Crippen LogP contribution < -0.4 is 5.32 Å². The zero-order valence-corrected chi connectivity index (χ0v) is 10.2. The van der Waals surface area contributed by atoms with Crippen molar-refractivity contribution in [1.29, 1.82) is 0 Å². The molecule has 1 aromatic heterocycles. The Morgan fingerprint density at radius 1 is 1.28 bits per heavy atom. The highest BCUT2D eigenvalue weighted by Crippen LogP contribution is 2.31. The van der Waals surface area contributed by atoms with Crippen LogP contribution >= 0.6 is 0 Å². The maximum Gasteiger partial charge on any atom is 0.416 e. The summed E-state index contributed by atoms with van der Waals surface area (Å²) in [6.07, 6.45) is -3.53. The Labute approximate surface area is 103 Å². The number of rotatable bonds is 3. The Bertz CT molecular complexity index is 543. The van der Waals surface area contributed by atoms with E-state index in [2.05, 4.69) is 10.3 Å². The third-order valence-corrected chi connectivity index (χ3v) is 3.02. The number of H-pyrrole nitrogens is 1. The molecule has 1 aromatic carbocycles. The fourth-order valence-corrected chi connectivity index (χ4v) is 1.91. The van der Waals surface area contributed by atoms with Crippen molar-refractivity contribution in [2.24, 2.45) is 0 Å². The molecular formula is C13H15F3N2. The van der Waals surface area contributed by atoms with Crippen molar-refractivity contribution < 1.29 is 13.2 Å². The predicted octanol–water partition coefficient (Wildman–Crippen LogP) is 3.34. The van der Waals surface area contributed by atoms with Crippen LogP contribution in [0.3, 0.4) is 0 Å². The molecule has 2 aromatic rings. The van der Waals surface area contributed by atoms with Crippen molar-refractivity contribution in [3.8, 4) is 0 Å². The van der Waals surface area contributed by atoms with E-state index in [-0.39, 0.29) is 6.04 Å². The van der Waals surface area contributed by atoms with Crippen LogP contribution in [0.1, 0.15) is 18.2 Å². The fourth-order valence-electron chi connectivity index (χ4n) is 1.91. The molecule has 0 spiro atoms. The summed E-state index contributed by atoms with van der Waals surface area (Å²) in [6.45, 7) is 2.02. The number of alkyl halides is 3. The van der Waals surface area contributed by atoms with Crippen molar-refractivity contribution in [3.63, 3.8) is 0 Å². The van der Waals surface area contributed by atoms with Crippen molar-refractivity contribution >= 4 is 10.9 Å². The minimum absolute atomic E-state index is 0.278. The van der Waals surface area contributed by atoms with Crippen LogP contribution in [0.15, 0.2) is 24.3 Å². The molecule has 0 aliphatic heterocycles. The zero-order chi connectivity index (χ0) is 13.3. The molecule has 0 aliphatic carbocycles. The van der Waals surface area contributed by atoms with Crippen LogP contribution in [0.25, 0.3) is 10.9 Å². The monoisotopic (exact) mass is 256 g/mol. The third-order valence-electron chi connectivity index (χ3n) is 3.02. The van der Waals surface area contributed by atoms with E-state index in [9.17, 15) is 13.2 Å². The van der Waals surface area contributed by atoms with Gasteiger partial charge in [-0.25, -0.2) is 0 Å². The van der Waals surface area contributed by atoms with Gasteiger partial charge >= 0.3 is 6.18 Å². The van der Waals surface area contributed by atoms with Gasteiger partial charge in [0.15, 0.2) is 0 Å². The van der Waals surface area contributed by atoms with Crippen LogP contribution in [-0.2, 0) is 12.6 Å². The predicted molar refractivity (Wildman–Crippen MR) is 65.5 cm³/mol. The normalized spacial score (nSPS) is 14.1. The molecule has 0 aliphatic rings. The second kappa shape index (κ2) is 4.65. The average molecular weight is 256 g/mol. The summed E-state index contributed by atoms with van der Waals surface area (Å²) in [5.74, 6) is 0. The van der Waals surface area contributed by atoms with Gasteiger partial charge in [-0.15, -0.1) is 0 Å². The lowest BCUT2D eigenvalue weighted by Crippen LogP contribution is -2.23. The molecule has 0 fully saturated rings. The number of aromatic nitrogens is 1. The summed E-state index contributed by atoms with van der Waals surface area (Å²) in [5, 5.41) is 3.69. The zero-order valence-electron chi connectivity index (χ0n) is 10.2. The number of hydrogen-bond donors (Lipinski definition) is 2. The van der Waals surface area contributed by atoms with Crippen molar-refractivity contribution in [2.45, 2.75) is 25.6 Å². The number of halogens is 3. The highest BCUT2D eigenvalue weighted by Gasteiger charge is 2.30. The van der Waals surface area contributed by atoms with E-state index in [1.54, 1.807) is 6.07 Å². The summed E-state index contributed by atoms with van der Waals surface area (Å²) >= 11 is 0. The van der Waals surface area contributed by atoms with Crippen molar-refractivity contribution in [3.05, 3.63) is 35.5 Å². The molecule has 0 saturated carbocycles. The molecule has 1 unspecified atom stereocenters. The number of likely N-dealkylation sites (N-methyl/N-ethyl adjacent to an activating group) is 1. The van der Waals surface area contributed by atoms with Crippen LogP contribution in [0.2, 0.25) is 0 Å². The molecule has 1 atom stereocenters. The summed E-state index contributed by atoms with van der Waals surface area (Å²) < 4.78 is 37.7. The van der Waals surface area contributed by atoms with Gasteiger partial charge in [-0.3, -0.25) is 0 Å². The smallest absolute Gasteiger partial charge is 0.358 e. The molecule has 5 heteroatoms. The number of benzene rings is 1. The van der Waals surface area contributed by atoms with Gasteiger partial charge in [-0.2, -0.15) is 13.2 Å². The maximum absolute atomic E-state index is 12.6. The molecule has 18 heavy (non-hydrogen) atoms. The van der Waals surface area contributed by atoms with Gasteiger partial charge < -0.3 is 10.3 Å². The lowest BCUT2D eigenvalue weighted by Gasteiger charge is -2.07. The van der Waals surface area contributed by atoms with Crippen LogP contribution in [0, 0.1) is 0 Å². The Kier molecular flexibility index (Phi) is 3.34. The first-order chi connectivity index (χ1) is 8.40. The molecule has 2 N–H and O–H groups in total. The second-order valence-corrected chi connectivity index (χ2v) is 4.49. The van der Waals surface area contributed by atoms with E-state index in [0.29, 0.717) is 5.39 Å². The number of nitrogens with one attached hydrogen (secondary N) is 2. The van der Waals surface area contributed by atoms with Gasteiger partial charge in [0.2, 0.25) is 0 Å². The molecule has 0 radical (unpaired) electrons. The third kappa shape index (κ3) is 2.67. The molecule has 0 amide bonds. The van der Waals surface area contributed by atoms with E-state index in [4.69, 9.17) is 0 Å². The number of fused-ring (bicyclic) bond motifs is 1. The topological polar surface area (TPSA) is 27.8 Å². The lowest BCUT2D eigenvalue weighted by atomic mass is 10.1. The van der Waals surface area contributed by atoms with Gasteiger partial charge in [0, 0.05) is 29.1 Å². The van der Waals surface area contributed by atoms with Crippen LogP contribution in [-0.4, -0.2) is 18.1 Å². The average Bonchev–Trinajstić information content (AvgIpc) is 2.68. The SMILES string of the molecule is CNC(C)Cc1cc2cc(C(F)(F)F)ccc2[nH]1. The Morgan fingerprint density at radius 2 is 2.00 bits per heavy atom. The number of hydrogen-bond acceptors (Lipinski definition) is 1. The summed E-state index contributed by atoms with van der Waals surface area (Å²) in [5.41, 5.74) is 1.06. The van der Waals surface area contributed by atoms with Gasteiger partial charge in [-0.05, 0) is 38.2 Å². The Hall–Kier alpha value is -1.49. The molecule has 2 rings (SSSR count). The van der Waals surface area contributed by atoms with E-state index in [1.807, 2.05) is 14.0 Å². The van der Waals surface area contributed by atoms with E-state index < -0.39 is 11.7 Å². The quantitative estimate of drug-likeness (QED) is 0.866. The van der Waals surface area contributed by atoms with Crippen LogP contribution in [0.5, 0.6) is 0 Å². The summed E-state index contributed by atoms with van der Waals surface area (Å²) in [7, 11) is 1.86. The van der Waals surface area contributed by atoms with Crippen molar-refractivity contribution in [1.82, 2.24) is 10.3 Å². The largest absolute Gasteiger partial charge is 0.416 e. The highest BCUT2D eigenvalue weighted by molar-refractivity contribution is 5.81. The first kappa shape index (κ1) is 13.0. The van der Waals surface area contributed by atoms with Gasteiger partial charge in [0.1, 0.15) is 0 Å². The van der Waals surface area contributed by atoms with Crippen molar-refractivity contribution in [2.75, 3.05) is 7.05 Å². The minimum atomic E-state index is -4.29. The first-order valence-electron chi connectivity index (χ1n) is 5.76. The van der Waals surface area contributed by atoms with Gasteiger partial charge in [0.25, 0.3) is 0 Å². The Morgan fingerprint density at radius 3 is 2.61 bits per heavy atom. The Balaban J connectivity index is 2.34. The maximum atomic E-state index is 12.6. The van der Waals surface area contributed by atoms with E-state index in [1.165, 1.54) is 12.1 Å². The highest BCUT2D eigenvalue weighted by atomic mass is 19.4. The van der Waals surface area contributed by atoms with Gasteiger partial charge in [-0.1, -0.05) is 0 Å². The first-order valence-corrected chi connectivity index (χ1v) is 5.76. The molecule has 1 heterocycles.